The van der Waals surface area contributed by atoms with Crippen LogP contribution < -0.4 is 0 Å². The molecule has 0 saturated carbocycles. The van der Waals surface area contributed by atoms with Crippen molar-refractivity contribution < 1.29 is 9.90 Å². The molecule has 0 heterocycles. The highest BCUT2D eigenvalue weighted by Crippen LogP contribution is 1.88. The first kappa shape index (κ1) is 8.95. The summed E-state index contributed by atoms with van der Waals surface area (Å²) in [5.74, 6) is -0.902. The van der Waals surface area contributed by atoms with E-state index in [0.717, 1.165) is 18.9 Å². The molecule has 56 valence electrons. The van der Waals surface area contributed by atoms with Crippen molar-refractivity contribution in [1.29, 1.82) is 0 Å². The predicted octanol–water partition coefficient (Wildman–Crippen LogP) is 1.98. The van der Waals surface area contributed by atoms with Crippen LogP contribution in [-0.4, -0.2) is 11.1 Å². The summed E-state index contributed by atoms with van der Waals surface area (Å²) >= 11 is 0. The molecule has 0 aliphatic heterocycles. The van der Waals surface area contributed by atoms with Crippen LogP contribution in [0.4, 0.5) is 0 Å². The van der Waals surface area contributed by atoms with Crippen molar-refractivity contribution in [3.05, 3.63) is 24.3 Å². The lowest BCUT2D eigenvalue weighted by Crippen LogP contribution is -1.84. The smallest absolute Gasteiger partial charge is 0.328 e. The molecule has 0 unspecified atom stereocenters. The van der Waals surface area contributed by atoms with Gasteiger partial charge in [-0.3, -0.25) is 0 Å². The van der Waals surface area contributed by atoms with Crippen molar-refractivity contribution in [3.63, 3.8) is 0 Å². The Labute approximate surface area is 60.9 Å². The predicted molar refractivity (Wildman–Crippen MR) is 40.8 cm³/mol. The second-order valence-electron chi connectivity index (χ2n) is 1.91. The van der Waals surface area contributed by atoms with Gasteiger partial charge in [-0.15, -0.1) is 0 Å². The number of hydrogen-bond donors (Lipinski definition) is 1. The van der Waals surface area contributed by atoms with Crippen LogP contribution >= 0.6 is 0 Å². The zero-order valence-corrected chi connectivity index (χ0v) is 6.08. The quantitative estimate of drug-likeness (QED) is 0.479. The lowest BCUT2D eigenvalue weighted by Gasteiger charge is -1.79. The zero-order chi connectivity index (χ0) is 7.82. The highest BCUT2D eigenvalue weighted by molar-refractivity contribution is 5.80. The van der Waals surface area contributed by atoms with Gasteiger partial charge in [0.15, 0.2) is 0 Å². The van der Waals surface area contributed by atoms with Crippen molar-refractivity contribution in [2.24, 2.45) is 0 Å². The Bertz CT molecular complexity index is 145. The van der Waals surface area contributed by atoms with Crippen molar-refractivity contribution in [1.82, 2.24) is 0 Å². The minimum Gasteiger partial charge on any atom is -0.478 e. The number of carbonyl (C=O) groups is 1. The fourth-order valence-electron chi connectivity index (χ4n) is 0.479. The molecule has 0 aliphatic carbocycles. The molecule has 0 aromatic carbocycles. The summed E-state index contributed by atoms with van der Waals surface area (Å²) in [7, 11) is 0. The second kappa shape index (κ2) is 6.08. The van der Waals surface area contributed by atoms with Gasteiger partial charge in [0.1, 0.15) is 0 Å². The highest BCUT2D eigenvalue weighted by Gasteiger charge is 1.79. The monoisotopic (exact) mass is 140 g/mol. The van der Waals surface area contributed by atoms with Gasteiger partial charge in [0.05, 0.1) is 0 Å². The van der Waals surface area contributed by atoms with E-state index in [2.05, 4.69) is 6.92 Å². The maximum atomic E-state index is 9.91. The second-order valence-corrected chi connectivity index (χ2v) is 1.91. The van der Waals surface area contributed by atoms with E-state index in [1.165, 1.54) is 6.08 Å². The maximum Gasteiger partial charge on any atom is 0.328 e. The van der Waals surface area contributed by atoms with Crippen LogP contribution in [0.25, 0.3) is 0 Å². The number of carboxylic acids is 1. The molecule has 0 aromatic heterocycles. The lowest BCUT2D eigenvalue weighted by molar-refractivity contribution is -0.131. The Hall–Kier alpha value is -1.05. The maximum absolute atomic E-state index is 9.91. The standard InChI is InChI=1S/C8H12O2/c1-2-3-4-5-6-7-8(9)10/h4-7H,2-3H2,1H3,(H,9,10)/b5-4-,7-6-. The van der Waals surface area contributed by atoms with Crippen LogP contribution in [0.3, 0.4) is 0 Å². The van der Waals surface area contributed by atoms with E-state index in [1.807, 2.05) is 6.08 Å². The number of allylic oxidation sites excluding steroid dienone is 3. The van der Waals surface area contributed by atoms with Gasteiger partial charge in [-0.05, 0) is 6.42 Å². The summed E-state index contributed by atoms with van der Waals surface area (Å²) in [4.78, 5) is 9.91. The summed E-state index contributed by atoms with van der Waals surface area (Å²) in [5.41, 5.74) is 0. The fourth-order valence-corrected chi connectivity index (χ4v) is 0.479. The summed E-state index contributed by atoms with van der Waals surface area (Å²) in [6.07, 6.45) is 8.43. The van der Waals surface area contributed by atoms with Crippen molar-refractivity contribution in [3.8, 4) is 0 Å². The average Bonchev–Trinajstić information content (AvgIpc) is 1.87. The molecule has 0 fully saturated rings. The Morgan fingerprint density at radius 3 is 2.70 bits per heavy atom. The van der Waals surface area contributed by atoms with E-state index in [4.69, 9.17) is 5.11 Å². The zero-order valence-electron chi connectivity index (χ0n) is 6.08. The SMILES string of the molecule is CCC/C=C\C=C/C(=O)O. The third-order valence-electron chi connectivity index (χ3n) is 0.941. The van der Waals surface area contributed by atoms with Gasteiger partial charge in [-0.25, -0.2) is 4.79 Å². The molecule has 0 bridgehead atoms. The molecule has 0 atom stereocenters. The van der Waals surface area contributed by atoms with Crippen molar-refractivity contribution in [2.45, 2.75) is 19.8 Å². The minimum atomic E-state index is -0.902. The Morgan fingerprint density at radius 1 is 1.50 bits per heavy atom. The molecule has 2 heteroatoms. The minimum absolute atomic E-state index is 0.902. The first-order valence-corrected chi connectivity index (χ1v) is 3.33. The topological polar surface area (TPSA) is 37.3 Å². The van der Waals surface area contributed by atoms with E-state index in [-0.39, 0.29) is 0 Å². The molecule has 0 saturated heterocycles. The van der Waals surface area contributed by atoms with E-state index in [0.29, 0.717) is 0 Å². The van der Waals surface area contributed by atoms with E-state index >= 15 is 0 Å². The van der Waals surface area contributed by atoms with Crippen LogP contribution in [0.2, 0.25) is 0 Å². The largest absolute Gasteiger partial charge is 0.478 e. The molecule has 0 aliphatic rings. The van der Waals surface area contributed by atoms with Crippen LogP contribution in [0.5, 0.6) is 0 Å². The van der Waals surface area contributed by atoms with Crippen LogP contribution in [0, 0.1) is 0 Å². The average molecular weight is 140 g/mol. The van der Waals surface area contributed by atoms with Gasteiger partial charge in [0, 0.05) is 6.08 Å². The summed E-state index contributed by atoms with van der Waals surface area (Å²) in [6.45, 7) is 2.07. The molecule has 0 rings (SSSR count). The molecule has 0 radical (unpaired) electrons. The van der Waals surface area contributed by atoms with Crippen LogP contribution in [0.1, 0.15) is 19.8 Å². The Kier molecular flexibility index (Phi) is 5.44. The summed E-state index contributed by atoms with van der Waals surface area (Å²) < 4.78 is 0. The van der Waals surface area contributed by atoms with Gasteiger partial charge in [0.2, 0.25) is 0 Å². The molecule has 0 amide bonds. The highest BCUT2D eigenvalue weighted by atomic mass is 16.4. The fraction of sp³-hybridized carbons (Fsp3) is 0.375. The molecular weight excluding hydrogens is 128 g/mol. The normalized spacial score (nSPS) is 11.3. The van der Waals surface area contributed by atoms with Crippen molar-refractivity contribution >= 4 is 5.97 Å². The van der Waals surface area contributed by atoms with Crippen LogP contribution in [-0.2, 0) is 4.79 Å². The number of unbranched alkanes of at least 4 members (excludes halogenated alkanes) is 1. The number of rotatable bonds is 4. The molecule has 0 spiro atoms. The molecule has 1 N–H and O–H groups in total. The number of carboxylic acid groups (broad SMARTS) is 1. The Balaban J connectivity index is 3.42. The first-order chi connectivity index (χ1) is 4.77. The molecular formula is C8H12O2. The summed E-state index contributed by atoms with van der Waals surface area (Å²) in [5, 5.41) is 8.15. The third-order valence-corrected chi connectivity index (χ3v) is 0.941. The van der Waals surface area contributed by atoms with Gasteiger partial charge in [-0.1, -0.05) is 31.6 Å². The van der Waals surface area contributed by atoms with Gasteiger partial charge < -0.3 is 5.11 Å². The van der Waals surface area contributed by atoms with E-state index in [1.54, 1.807) is 6.08 Å². The van der Waals surface area contributed by atoms with Crippen LogP contribution in [0.15, 0.2) is 24.3 Å². The molecule has 10 heavy (non-hydrogen) atoms. The first-order valence-electron chi connectivity index (χ1n) is 3.33. The number of hydrogen-bond acceptors (Lipinski definition) is 1. The van der Waals surface area contributed by atoms with Crippen molar-refractivity contribution in [2.75, 3.05) is 0 Å². The Morgan fingerprint density at radius 2 is 2.20 bits per heavy atom. The lowest BCUT2D eigenvalue weighted by atomic mass is 10.3. The van der Waals surface area contributed by atoms with E-state index in [9.17, 15) is 4.79 Å². The summed E-state index contributed by atoms with van der Waals surface area (Å²) in [6, 6.07) is 0. The van der Waals surface area contributed by atoms with Gasteiger partial charge >= 0.3 is 5.97 Å². The van der Waals surface area contributed by atoms with Gasteiger partial charge in [-0.2, -0.15) is 0 Å². The van der Waals surface area contributed by atoms with E-state index < -0.39 is 5.97 Å². The third kappa shape index (κ3) is 6.95. The van der Waals surface area contributed by atoms with Gasteiger partial charge in [0.25, 0.3) is 0 Å². The number of aliphatic carboxylic acids is 1. The molecule has 0 aromatic rings. The molecule has 2 nitrogen and oxygen atoms in total.